The average Bonchev–Trinajstić information content (AvgIpc) is 3.93. The van der Waals surface area contributed by atoms with Crippen molar-refractivity contribution in [3.8, 4) is 5.75 Å². The highest BCUT2D eigenvalue weighted by molar-refractivity contribution is 6.48. The number of carbonyl (C=O) groups is 3. The van der Waals surface area contributed by atoms with Gasteiger partial charge in [0.25, 0.3) is 0 Å². The molecule has 3 aliphatic heterocycles. The lowest BCUT2D eigenvalue weighted by Gasteiger charge is -2.64. The van der Waals surface area contributed by atoms with Crippen molar-refractivity contribution in [3.63, 3.8) is 0 Å². The Morgan fingerprint density at radius 3 is 2.37 bits per heavy atom. The number of unbranched alkanes of at least 4 members (excludes halogenated alkanes) is 4. The predicted octanol–water partition coefficient (Wildman–Crippen LogP) is 7.68. The van der Waals surface area contributed by atoms with E-state index in [-0.39, 0.29) is 43.0 Å². The molecule has 2 saturated heterocycles. The molecule has 2 aromatic carbocycles. The van der Waals surface area contributed by atoms with Gasteiger partial charge in [0.15, 0.2) is 0 Å². The molecule has 11 nitrogen and oxygen atoms in total. The minimum Gasteiger partial charge on any atom is -0.497 e. The van der Waals surface area contributed by atoms with Crippen molar-refractivity contribution >= 4 is 25.1 Å². The third kappa shape index (κ3) is 8.49. The molecule has 2 bridgehead atoms. The smallest absolute Gasteiger partial charge is 0.481 e. The molecule has 5 fully saturated rings. The van der Waals surface area contributed by atoms with Crippen molar-refractivity contribution in [2.75, 3.05) is 20.2 Å². The van der Waals surface area contributed by atoms with Crippen molar-refractivity contribution < 1.29 is 33.2 Å². The van der Waals surface area contributed by atoms with E-state index in [2.05, 4.69) is 39.2 Å². The second-order valence-corrected chi connectivity index (χ2v) is 17.6. The van der Waals surface area contributed by atoms with E-state index in [1.54, 1.807) is 27.9 Å². The predicted molar refractivity (Wildman–Crippen MR) is 220 cm³/mol. The summed E-state index contributed by atoms with van der Waals surface area (Å²) in [4.78, 5) is 47.7. The number of hydrogen-bond acceptors (Lipinski definition) is 7. The Labute approximate surface area is 339 Å². The molecule has 3 aliphatic carbocycles. The number of carbonyl (C=O) groups excluding carboxylic acids is 3. The van der Waals surface area contributed by atoms with E-state index >= 15 is 0 Å². The van der Waals surface area contributed by atoms with Gasteiger partial charge in [0, 0.05) is 32.6 Å². The standard InChI is InChI=1S/C45H61BN4O7/c1-7-9-10-11-12-13-18-40(46-56-39-25-34-24-38(44(34,3)4)45(39,5)57-46)47-41(51)37-26-36(55-43(53)49-28-32-16-14-15-17-33(32)29-49)30-50(37)42(52)48(23-8-2)27-31-19-21-35(54-6)22-20-31/h7-8,14-17,19-22,34,36-40H,1-2,9-13,18,23-30H2,3-6H3,(H,47,51)/t34-,36-,37+,38-,39?,40+,45-/m1/s1. The van der Waals surface area contributed by atoms with E-state index in [9.17, 15) is 14.4 Å². The molecule has 306 valence electrons. The highest BCUT2D eigenvalue weighted by atomic mass is 16.7. The molecule has 2 aromatic rings. The molecule has 12 heteroatoms. The van der Waals surface area contributed by atoms with Crippen LogP contribution >= 0.6 is 0 Å². The second-order valence-electron chi connectivity index (χ2n) is 17.6. The molecule has 8 rings (SSSR count). The highest BCUT2D eigenvalue weighted by Gasteiger charge is 2.68. The van der Waals surface area contributed by atoms with Gasteiger partial charge in [-0.3, -0.25) is 9.69 Å². The van der Waals surface area contributed by atoms with Gasteiger partial charge in [-0.15, -0.1) is 13.2 Å². The lowest BCUT2D eigenvalue weighted by atomic mass is 9.43. The number of hydrogen-bond donors (Lipinski definition) is 1. The van der Waals surface area contributed by atoms with Crippen molar-refractivity contribution in [1.29, 1.82) is 0 Å². The molecule has 0 aromatic heterocycles. The fourth-order valence-corrected chi connectivity index (χ4v) is 10.2. The SMILES string of the molecule is C=CCCCCCC[C@H](NC(=O)[C@@H]1C[C@@H](OC(=O)N2Cc3ccccc3C2)CN1C(=O)N(CC=C)Cc1ccc(OC)cc1)B1OC2C[C@H]3C[C@H](C3(C)C)[C@@]2(C)O1. The van der Waals surface area contributed by atoms with E-state index in [1.165, 1.54) is 0 Å². The van der Waals surface area contributed by atoms with Crippen LogP contribution in [0.25, 0.3) is 0 Å². The van der Waals surface area contributed by atoms with Crippen molar-refractivity contribution in [3.05, 3.63) is 90.5 Å². The zero-order valence-corrected chi connectivity index (χ0v) is 34.3. The van der Waals surface area contributed by atoms with Gasteiger partial charge in [0.2, 0.25) is 5.91 Å². The van der Waals surface area contributed by atoms with Gasteiger partial charge >= 0.3 is 19.2 Å². The second kappa shape index (κ2) is 17.3. The normalized spacial score (nSPS) is 27.2. The molecule has 1 N–H and O–H groups in total. The zero-order chi connectivity index (χ0) is 40.3. The number of ether oxygens (including phenoxy) is 2. The molecule has 1 unspecified atom stereocenters. The van der Waals surface area contributed by atoms with Gasteiger partial charge in [-0.25, -0.2) is 9.59 Å². The molecule has 0 radical (unpaired) electrons. The Kier molecular flexibility index (Phi) is 12.4. The Balaban J connectivity index is 1.10. The van der Waals surface area contributed by atoms with Crippen LogP contribution in [0.4, 0.5) is 9.59 Å². The summed E-state index contributed by atoms with van der Waals surface area (Å²) < 4.78 is 25.1. The van der Waals surface area contributed by atoms with E-state index in [0.29, 0.717) is 37.9 Å². The Morgan fingerprint density at radius 2 is 1.70 bits per heavy atom. The minimum absolute atomic E-state index is 0.0261. The molecule has 3 heterocycles. The Morgan fingerprint density at radius 1 is 0.982 bits per heavy atom. The summed E-state index contributed by atoms with van der Waals surface area (Å²) in [5.74, 6) is 0.997. The van der Waals surface area contributed by atoms with Gasteiger partial charge in [-0.2, -0.15) is 0 Å². The minimum atomic E-state index is -0.879. The summed E-state index contributed by atoms with van der Waals surface area (Å²) in [6.07, 6.45) is 10.5. The number of methoxy groups -OCH3 is 1. The average molecular weight is 781 g/mol. The summed E-state index contributed by atoms with van der Waals surface area (Å²) in [7, 11) is 1.01. The number of nitrogens with one attached hydrogen (secondary N) is 1. The first-order valence-electron chi connectivity index (χ1n) is 21.0. The molecular formula is C45H61BN4O7. The topological polar surface area (TPSA) is 110 Å². The van der Waals surface area contributed by atoms with Crippen LogP contribution in [0.1, 0.15) is 95.2 Å². The first-order chi connectivity index (χ1) is 27.4. The van der Waals surface area contributed by atoms with Crippen molar-refractivity contribution in [2.45, 2.75) is 128 Å². The number of likely N-dealkylation sites (tertiary alicyclic amines) is 1. The largest absolute Gasteiger partial charge is 0.497 e. The van der Waals surface area contributed by atoms with Crippen LogP contribution in [-0.4, -0.2) is 89.8 Å². The monoisotopic (exact) mass is 780 g/mol. The maximum atomic E-state index is 14.7. The van der Waals surface area contributed by atoms with E-state index in [1.807, 2.05) is 54.6 Å². The summed E-state index contributed by atoms with van der Waals surface area (Å²) in [6, 6.07) is 14.3. The highest BCUT2D eigenvalue weighted by Crippen LogP contribution is 2.65. The van der Waals surface area contributed by atoms with Crippen molar-refractivity contribution in [1.82, 2.24) is 20.0 Å². The summed E-state index contributed by atoms with van der Waals surface area (Å²) >= 11 is 0. The number of allylic oxidation sites excluding steroid dienone is 1. The van der Waals surface area contributed by atoms with Crippen molar-refractivity contribution in [2.24, 2.45) is 17.3 Å². The first kappa shape index (κ1) is 40.9. The Hall–Kier alpha value is -4.29. The third-order valence-electron chi connectivity index (χ3n) is 13.6. The van der Waals surface area contributed by atoms with Crippen LogP contribution in [0.15, 0.2) is 73.8 Å². The number of fused-ring (bicyclic) bond motifs is 1. The fourth-order valence-electron chi connectivity index (χ4n) is 10.2. The number of benzene rings is 2. The lowest BCUT2D eigenvalue weighted by molar-refractivity contribution is -0.199. The van der Waals surface area contributed by atoms with Gasteiger partial charge in [0.05, 0.1) is 31.3 Å². The maximum Gasteiger partial charge on any atom is 0.481 e. The molecule has 7 atom stereocenters. The molecule has 3 saturated carbocycles. The fraction of sp³-hybridized carbons (Fsp3) is 0.578. The quantitative estimate of drug-likeness (QED) is 0.106. The zero-order valence-electron chi connectivity index (χ0n) is 34.3. The molecule has 0 spiro atoms. The number of amides is 4. The van der Waals surface area contributed by atoms with Crippen LogP contribution in [0, 0.1) is 17.3 Å². The Bertz CT molecular complexity index is 1760. The number of urea groups is 1. The van der Waals surface area contributed by atoms with Gasteiger partial charge < -0.3 is 33.9 Å². The number of nitrogens with zero attached hydrogens (tertiary/aromatic N) is 3. The molecular weight excluding hydrogens is 719 g/mol. The van der Waals surface area contributed by atoms with Gasteiger partial charge in [-0.1, -0.05) is 81.7 Å². The molecule has 57 heavy (non-hydrogen) atoms. The van der Waals surface area contributed by atoms with Crippen LogP contribution in [0.2, 0.25) is 0 Å². The maximum absolute atomic E-state index is 14.7. The first-order valence-corrected chi connectivity index (χ1v) is 21.0. The van der Waals surface area contributed by atoms with Gasteiger partial charge in [0.1, 0.15) is 17.9 Å². The van der Waals surface area contributed by atoms with E-state index in [0.717, 1.165) is 67.4 Å². The number of rotatable bonds is 16. The van der Waals surface area contributed by atoms with Crippen LogP contribution < -0.4 is 10.1 Å². The van der Waals surface area contributed by atoms with Crippen LogP contribution in [0.5, 0.6) is 5.75 Å². The summed E-state index contributed by atoms with van der Waals surface area (Å²) in [5, 5.41) is 3.34. The molecule has 4 amide bonds. The summed E-state index contributed by atoms with van der Waals surface area (Å²) in [6.45, 7) is 16.2. The van der Waals surface area contributed by atoms with E-state index < -0.39 is 36.9 Å². The van der Waals surface area contributed by atoms with E-state index in [4.69, 9.17) is 18.8 Å². The van der Waals surface area contributed by atoms with Crippen LogP contribution in [-0.2, 0) is 38.5 Å². The summed E-state index contributed by atoms with van der Waals surface area (Å²) in [5.41, 5.74) is 2.84. The molecule has 6 aliphatic rings. The van der Waals surface area contributed by atoms with Gasteiger partial charge in [-0.05, 0) is 85.1 Å². The lowest BCUT2D eigenvalue weighted by Crippen LogP contribution is -2.65. The van der Waals surface area contributed by atoms with Crippen LogP contribution in [0.3, 0.4) is 0 Å². The third-order valence-corrected chi connectivity index (χ3v) is 13.6.